The molecule has 7 nitrogen and oxygen atoms in total. The highest BCUT2D eigenvalue weighted by atomic mass is 35.5. The number of hydrogen-bond acceptors (Lipinski definition) is 6. The second-order valence-corrected chi connectivity index (χ2v) is 7.17. The van der Waals surface area contributed by atoms with Crippen molar-refractivity contribution in [2.24, 2.45) is 5.92 Å². The van der Waals surface area contributed by atoms with E-state index in [-0.39, 0.29) is 17.4 Å². The van der Waals surface area contributed by atoms with E-state index in [1.54, 1.807) is 0 Å². The Morgan fingerprint density at radius 2 is 2.22 bits per heavy atom. The number of nitrogens with zero attached hydrogens (tertiary/aromatic N) is 1. The van der Waals surface area contributed by atoms with Crippen LogP contribution in [0.4, 0.5) is 0 Å². The highest BCUT2D eigenvalue weighted by molar-refractivity contribution is 8.14. The van der Waals surface area contributed by atoms with Gasteiger partial charge in [-0.3, -0.25) is 9.59 Å². The maximum atomic E-state index is 12.3. The Morgan fingerprint density at radius 3 is 2.70 bits per heavy atom. The number of carbonyl (C=O) groups is 3. The van der Waals surface area contributed by atoms with Gasteiger partial charge in [-0.05, 0) is 26.2 Å². The van der Waals surface area contributed by atoms with Gasteiger partial charge in [0.15, 0.2) is 0 Å². The molecule has 0 aliphatic carbocycles. The van der Waals surface area contributed by atoms with Crippen LogP contribution in [0.25, 0.3) is 0 Å². The first-order valence-electron chi connectivity index (χ1n) is 7.49. The van der Waals surface area contributed by atoms with Gasteiger partial charge in [0, 0.05) is 12.5 Å². The zero-order valence-corrected chi connectivity index (χ0v) is 14.3. The molecular formula is C14H20ClNO6S. The third kappa shape index (κ3) is 3.81. The zero-order valence-electron chi connectivity index (χ0n) is 12.7. The van der Waals surface area contributed by atoms with E-state index in [1.807, 2.05) is 0 Å². The Kier molecular flexibility index (Phi) is 6.30. The summed E-state index contributed by atoms with van der Waals surface area (Å²) >= 11 is 6.50. The van der Waals surface area contributed by atoms with E-state index in [0.29, 0.717) is 13.0 Å². The lowest BCUT2D eigenvalue weighted by Crippen LogP contribution is -2.67. The molecule has 130 valence electrons. The highest BCUT2D eigenvalue weighted by Crippen LogP contribution is 2.41. The van der Waals surface area contributed by atoms with Crippen LogP contribution in [0.2, 0.25) is 0 Å². The van der Waals surface area contributed by atoms with Gasteiger partial charge in [0.05, 0.1) is 12.0 Å². The molecule has 2 saturated heterocycles. The molecule has 0 saturated carbocycles. The average molecular weight is 366 g/mol. The largest absolute Gasteiger partial charge is 0.480 e. The molecule has 0 spiro atoms. The number of likely N-dealkylation sites (tertiary alicyclic amines) is 1. The van der Waals surface area contributed by atoms with Crippen LogP contribution in [0.5, 0.6) is 0 Å². The van der Waals surface area contributed by atoms with Crippen LogP contribution < -0.4 is 0 Å². The van der Waals surface area contributed by atoms with Crippen molar-refractivity contribution in [2.45, 2.75) is 49.8 Å². The van der Waals surface area contributed by atoms with Crippen molar-refractivity contribution in [1.82, 2.24) is 4.90 Å². The highest BCUT2D eigenvalue weighted by Gasteiger charge is 2.55. The van der Waals surface area contributed by atoms with E-state index in [1.165, 1.54) is 6.92 Å². The fraction of sp³-hybridized carbons (Fsp3) is 0.786. The number of amides is 1. The number of carbonyl (C=O) groups excluding carboxylic acids is 2. The Hall–Kier alpha value is -0.830. The van der Waals surface area contributed by atoms with Gasteiger partial charge in [0.25, 0.3) is 0 Å². The number of thioether (sulfide) groups is 1. The lowest BCUT2D eigenvalue weighted by Gasteiger charge is -2.50. The first-order valence-corrected chi connectivity index (χ1v) is 8.91. The molecule has 2 fully saturated rings. The molecule has 0 radical (unpaired) electrons. The quantitative estimate of drug-likeness (QED) is 0.504. The third-order valence-electron chi connectivity index (χ3n) is 4.07. The van der Waals surface area contributed by atoms with E-state index in [9.17, 15) is 24.6 Å². The van der Waals surface area contributed by atoms with E-state index < -0.39 is 41.4 Å². The van der Waals surface area contributed by atoms with Crippen LogP contribution in [0, 0.1) is 5.92 Å². The molecule has 2 aliphatic rings. The minimum absolute atomic E-state index is 0.0805. The lowest BCUT2D eigenvalue weighted by molar-refractivity contribution is -0.169. The summed E-state index contributed by atoms with van der Waals surface area (Å²) in [5, 5.41) is 18.2. The molecule has 2 aliphatic heterocycles. The summed E-state index contributed by atoms with van der Waals surface area (Å²) in [6.45, 7) is 1.98. The van der Waals surface area contributed by atoms with Crippen molar-refractivity contribution in [3.63, 3.8) is 0 Å². The molecule has 23 heavy (non-hydrogen) atoms. The van der Waals surface area contributed by atoms with Crippen LogP contribution in [0.15, 0.2) is 0 Å². The van der Waals surface area contributed by atoms with Gasteiger partial charge < -0.3 is 19.8 Å². The Morgan fingerprint density at radius 1 is 1.52 bits per heavy atom. The van der Waals surface area contributed by atoms with E-state index in [0.717, 1.165) is 23.1 Å². The smallest absolute Gasteiger partial charge is 0.326 e. The maximum Gasteiger partial charge on any atom is 0.326 e. The van der Waals surface area contributed by atoms with Crippen LogP contribution in [0.1, 0.15) is 26.2 Å². The molecule has 2 rings (SSSR count). The topological polar surface area (TPSA) is 104 Å². The SMILES string of the molecule is CC(O)C1C(=O)N(C(CCCl)C(=O)O)C1SC(=O)C1CCCO1. The predicted molar refractivity (Wildman–Crippen MR) is 84.1 cm³/mol. The Labute approximate surface area is 143 Å². The number of aliphatic carboxylic acids is 1. The Balaban J connectivity index is 2.14. The van der Waals surface area contributed by atoms with Crippen molar-refractivity contribution in [3.05, 3.63) is 0 Å². The van der Waals surface area contributed by atoms with Crippen LogP contribution in [-0.2, 0) is 19.1 Å². The van der Waals surface area contributed by atoms with Gasteiger partial charge in [-0.1, -0.05) is 11.8 Å². The zero-order chi connectivity index (χ0) is 17.1. The second-order valence-electron chi connectivity index (χ2n) is 5.67. The first-order chi connectivity index (χ1) is 10.9. The van der Waals surface area contributed by atoms with E-state index >= 15 is 0 Å². The number of ether oxygens (including phenoxy) is 1. The number of rotatable bonds is 7. The van der Waals surface area contributed by atoms with Crippen LogP contribution in [0.3, 0.4) is 0 Å². The molecule has 0 bridgehead atoms. The molecule has 2 N–H and O–H groups in total. The number of carboxylic acids is 1. The number of halogens is 1. The standard InChI is InChI=1S/C14H20ClNO6S/c1-7(17)10-11(18)16(8(4-5-15)13(19)20)12(10)23-14(21)9-3-2-6-22-9/h7-10,12,17H,2-6H2,1H3,(H,19,20). The van der Waals surface area contributed by atoms with Crippen molar-refractivity contribution in [2.75, 3.05) is 12.5 Å². The Bertz CT molecular complexity index is 482. The van der Waals surface area contributed by atoms with Gasteiger partial charge in [0.2, 0.25) is 11.0 Å². The minimum Gasteiger partial charge on any atom is -0.480 e. The number of β-lactam (4-membered cyclic amide) rings is 1. The van der Waals surface area contributed by atoms with E-state index in [4.69, 9.17) is 16.3 Å². The van der Waals surface area contributed by atoms with Gasteiger partial charge in [-0.25, -0.2) is 4.79 Å². The van der Waals surface area contributed by atoms with E-state index in [2.05, 4.69) is 0 Å². The molecule has 0 aromatic heterocycles. The summed E-state index contributed by atoms with van der Waals surface area (Å²) in [7, 11) is 0. The number of alkyl halides is 1. The number of aliphatic hydroxyl groups is 1. The van der Waals surface area contributed by atoms with Gasteiger partial charge in [-0.2, -0.15) is 0 Å². The van der Waals surface area contributed by atoms with Crippen molar-refractivity contribution < 1.29 is 29.3 Å². The fourth-order valence-corrected chi connectivity index (χ4v) is 4.50. The summed E-state index contributed by atoms with van der Waals surface area (Å²) in [4.78, 5) is 37.1. The normalized spacial score (nSPS) is 30.0. The van der Waals surface area contributed by atoms with Gasteiger partial charge >= 0.3 is 5.97 Å². The number of carboxylic acid groups (broad SMARTS) is 1. The summed E-state index contributed by atoms with van der Waals surface area (Å²) in [5.74, 6) is -2.34. The molecule has 5 atom stereocenters. The first kappa shape index (κ1) is 18.5. The molecule has 0 aromatic rings. The average Bonchev–Trinajstić information content (AvgIpc) is 2.99. The van der Waals surface area contributed by atoms with Crippen molar-refractivity contribution in [1.29, 1.82) is 0 Å². The molecule has 1 amide bonds. The molecule has 5 unspecified atom stereocenters. The van der Waals surface area contributed by atoms with Gasteiger partial charge in [-0.15, -0.1) is 11.6 Å². The molecule has 2 heterocycles. The molecular weight excluding hydrogens is 346 g/mol. The monoisotopic (exact) mass is 365 g/mol. The lowest BCUT2D eigenvalue weighted by atomic mass is 9.90. The minimum atomic E-state index is -1.17. The summed E-state index contributed by atoms with van der Waals surface area (Å²) in [5.41, 5.74) is 0. The molecule has 0 aromatic carbocycles. The molecule has 9 heteroatoms. The maximum absolute atomic E-state index is 12.3. The summed E-state index contributed by atoms with van der Waals surface area (Å²) < 4.78 is 5.32. The third-order valence-corrected chi connectivity index (χ3v) is 5.55. The van der Waals surface area contributed by atoms with Crippen LogP contribution >= 0.6 is 23.4 Å². The predicted octanol–water partition coefficient (Wildman–Crippen LogP) is 0.673. The fourth-order valence-electron chi connectivity index (χ4n) is 2.86. The van der Waals surface area contributed by atoms with Crippen molar-refractivity contribution >= 4 is 40.4 Å². The summed E-state index contributed by atoms with van der Waals surface area (Å²) in [6.07, 6.45) is 0.0205. The van der Waals surface area contributed by atoms with Crippen LogP contribution in [-0.4, -0.2) is 68.2 Å². The van der Waals surface area contributed by atoms with Crippen molar-refractivity contribution in [3.8, 4) is 0 Å². The summed E-state index contributed by atoms with van der Waals surface area (Å²) in [6, 6.07) is -1.09. The second kappa shape index (κ2) is 7.83. The number of aliphatic hydroxyl groups excluding tert-OH is 1. The number of hydrogen-bond donors (Lipinski definition) is 2. The van der Waals surface area contributed by atoms with Gasteiger partial charge in [0.1, 0.15) is 17.5 Å².